The minimum Gasteiger partial charge on any atom is -0.400 e. The Morgan fingerprint density at radius 1 is 1.23 bits per heavy atom. The van der Waals surface area contributed by atoms with Gasteiger partial charge < -0.3 is 14.6 Å². The van der Waals surface area contributed by atoms with Crippen molar-refractivity contribution in [1.82, 2.24) is 5.32 Å². The minimum atomic E-state index is -0.336. The molecule has 1 aliphatic heterocycles. The summed E-state index contributed by atoms with van der Waals surface area (Å²) in [5, 5.41) is 3.19. The van der Waals surface area contributed by atoms with Crippen molar-refractivity contribution >= 4 is 24.8 Å². The van der Waals surface area contributed by atoms with Gasteiger partial charge in [0.1, 0.15) is 0 Å². The lowest BCUT2D eigenvalue weighted by molar-refractivity contribution is 0.00578. The zero-order valence-corrected chi connectivity index (χ0v) is 14.8. The number of hydrogen-bond acceptors (Lipinski definition) is 3. The highest BCUT2D eigenvalue weighted by Crippen LogP contribution is 2.38. The van der Waals surface area contributed by atoms with E-state index in [0.717, 1.165) is 16.6 Å². The third kappa shape index (κ3) is 3.74. The van der Waals surface area contributed by atoms with Crippen molar-refractivity contribution in [3.63, 3.8) is 0 Å². The maximum absolute atomic E-state index is 6.15. The first-order valence-corrected chi connectivity index (χ1v) is 8.18. The molecule has 1 aromatic carbocycles. The van der Waals surface area contributed by atoms with Crippen LogP contribution in [-0.4, -0.2) is 31.9 Å². The molecule has 1 heterocycles. The molecule has 0 radical (unpaired) electrons. The smallest absolute Gasteiger partial charge is 0.400 e. The molecule has 1 fully saturated rings. The lowest BCUT2D eigenvalue weighted by Crippen LogP contribution is -2.41. The molecule has 1 aliphatic rings. The second kappa shape index (κ2) is 6.75. The lowest BCUT2D eigenvalue weighted by Gasteiger charge is -2.32. The van der Waals surface area contributed by atoms with E-state index in [1.165, 1.54) is 0 Å². The van der Waals surface area contributed by atoms with Crippen molar-refractivity contribution in [2.45, 2.75) is 44.8 Å². The van der Waals surface area contributed by atoms with Crippen LogP contribution in [0.5, 0.6) is 0 Å². The summed E-state index contributed by atoms with van der Waals surface area (Å²) in [6.45, 7) is 8.98. The van der Waals surface area contributed by atoms with Crippen LogP contribution >= 0.6 is 11.6 Å². The van der Waals surface area contributed by atoms with Crippen molar-refractivity contribution in [3.8, 4) is 0 Å². The third-order valence-electron chi connectivity index (χ3n) is 4.39. The van der Waals surface area contributed by atoms with Crippen molar-refractivity contribution in [3.05, 3.63) is 40.9 Å². The number of hydrogen-bond donors (Lipinski definition) is 1. The van der Waals surface area contributed by atoms with E-state index in [1.54, 1.807) is 0 Å². The van der Waals surface area contributed by atoms with E-state index in [4.69, 9.17) is 20.9 Å². The van der Waals surface area contributed by atoms with Gasteiger partial charge in [0.25, 0.3) is 0 Å². The van der Waals surface area contributed by atoms with E-state index in [9.17, 15) is 0 Å². The number of rotatable bonds is 5. The Hall–Kier alpha value is -0.805. The highest BCUT2D eigenvalue weighted by atomic mass is 35.5. The first-order valence-electron chi connectivity index (χ1n) is 7.64. The lowest BCUT2D eigenvalue weighted by atomic mass is 9.77. The molecule has 0 aliphatic carbocycles. The van der Waals surface area contributed by atoms with Gasteiger partial charge in [-0.25, -0.2) is 0 Å². The van der Waals surface area contributed by atoms with E-state index < -0.39 is 0 Å². The maximum atomic E-state index is 6.15. The van der Waals surface area contributed by atoms with Crippen LogP contribution in [0.4, 0.5) is 0 Å². The molecule has 2 rings (SSSR count). The minimum absolute atomic E-state index is 0.331. The Balaban J connectivity index is 2.29. The molecule has 1 aromatic rings. The van der Waals surface area contributed by atoms with Gasteiger partial charge in [0, 0.05) is 12.4 Å². The van der Waals surface area contributed by atoms with Gasteiger partial charge in [-0.15, -0.1) is 11.6 Å². The average molecular weight is 322 g/mol. The van der Waals surface area contributed by atoms with Gasteiger partial charge in [0.15, 0.2) is 0 Å². The summed E-state index contributed by atoms with van der Waals surface area (Å²) in [7, 11) is 1.59. The van der Waals surface area contributed by atoms with Gasteiger partial charge in [-0.2, -0.15) is 0 Å². The van der Waals surface area contributed by atoms with E-state index in [-0.39, 0.29) is 18.3 Å². The van der Waals surface area contributed by atoms with E-state index in [2.05, 4.69) is 51.2 Å². The summed E-state index contributed by atoms with van der Waals surface area (Å²) in [6.07, 6.45) is 2.12. The highest BCUT2D eigenvalue weighted by Gasteiger charge is 2.52. The van der Waals surface area contributed by atoms with Crippen molar-refractivity contribution in [1.29, 1.82) is 0 Å². The zero-order chi connectivity index (χ0) is 16.4. The number of halogens is 1. The van der Waals surface area contributed by atoms with Gasteiger partial charge in [-0.3, -0.25) is 0 Å². The Morgan fingerprint density at radius 3 is 2.41 bits per heavy atom. The monoisotopic (exact) mass is 321 g/mol. The maximum Gasteiger partial charge on any atom is 0.491 e. The van der Waals surface area contributed by atoms with Crippen LogP contribution in [0.1, 0.15) is 38.8 Å². The molecule has 5 heteroatoms. The summed E-state index contributed by atoms with van der Waals surface area (Å²) >= 11 is 5.92. The van der Waals surface area contributed by atoms with E-state index >= 15 is 0 Å². The molecule has 0 saturated carbocycles. The zero-order valence-electron chi connectivity index (χ0n) is 14.1. The van der Waals surface area contributed by atoms with Crippen molar-refractivity contribution < 1.29 is 9.31 Å². The van der Waals surface area contributed by atoms with Crippen molar-refractivity contribution in [2.24, 2.45) is 0 Å². The number of nitrogens with one attached hydrogen (secondary N) is 1. The Morgan fingerprint density at radius 2 is 1.86 bits per heavy atom. The molecular weight excluding hydrogens is 296 g/mol. The van der Waals surface area contributed by atoms with Crippen LogP contribution in [0.2, 0.25) is 0 Å². The first kappa shape index (κ1) is 17.5. The van der Waals surface area contributed by atoms with Crippen LogP contribution in [0, 0.1) is 0 Å². The molecule has 0 atom stereocenters. The normalized spacial score (nSPS) is 20.5. The molecule has 22 heavy (non-hydrogen) atoms. The fourth-order valence-electron chi connectivity index (χ4n) is 2.38. The Labute approximate surface area is 139 Å². The fraction of sp³-hybridized carbons (Fsp3) is 0.529. The largest absolute Gasteiger partial charge is 0.491 e. The van der Waals surface area contributed by atoms with Gasteiger partial charge in [0.2, 0.25) is 0 Å². The standard InChI is InChI=1S/C17H25BClNO2/c1-16(2)17(3,4)22-18(21-16)15(12-20-5)10-13-7-6-8-14(9-13)11-19/h6-10,20H,11-12H2,1-5H3. The second-order valence-electron chi connectivity index (χ2n) is 6.72. The Kier molecular flexibility index (Phi) is 5.39. The molecule has 0 aromatic heterocycles. The van der Waals surface area contributed by atoms with Crippen LogP contribution in [0.25, 0.3) is 6.08 Å². The average Bonchev–Trinajstić information content (AvgIpc) is 2.67. The summed E-state index contributed by atoms with van der Waals surface area (Å²) in [5.41, 5.74) is 2.63. The quantitative estimate of drug-likeness (QED) is 0.663. The predicted molar refractivity (Wildman–Crippen MR) is 94.0 cm³/mol. The van der Waals surface area contributed by atoms with Crippen LogP contribution in [-0.2, 0) is 15.2 Å². The summed E-state index contributed by atoms with van der Waals surface area (Å²) in [5.74, 6) is 0.513. The number of likely N-dealkylation sites (N-methyl/N-ethyl adjacent to an activating group) is 1. The van der Waals surface area contributed by atoms with Crippen LogP contribution < -0.4 is 5.32 Å². The highest BCUT2D eigenvalue weighted by molar-refractivity contribution is 6.55. The number of benzene rings is 1. The molecule has 0 amide bonds. The second-order valence-corrected chi connectivity index (χ2v) is 6.98. The molecule has 0 unspecified atom stereocenters. The topological polar surface area (TPSA) is 30.5 Å². The van der Waals surface area contributed by atoms with Gasteiger partial charge in [-0.1, -0.05) is 30.3 Å². The summed E-state index contributed by atoms with van der Waals surface area (Å²) < 4.78 is 12.3. The predicted octanol–water partition coefficient (Wildman–Crippen LogP) is 3.66. The first-order chi connectivity index (χ1) is 10.3. The molecule has 1 saturated heterocycles. The Bertz CT molecular complexity index is 541. The SMILES string of the molecule is CNCC(=Cc1cccc(CCl)c1)B1OC(C)(C)C(C)(C)O1. The molecule has 0 bridgehead atoms. The number of alkyl halides is 1. The van der Waals surface area contributed by atoms with E-state index in [0.29, 0.717) is 12.4 Å². The van der Waals surface area contributed by atoms with Gasteiger partial charge in [0.05, 0.1) is 11.2 Å². The molecule has 1 N–H and O–H groups in total. The van der Waals surface area contributed by atoms with Gasteiger partial charge in [-0.05, 0) is 51.3 Å². The van der Waals surface area contributed by atoms with Gasteiger partial charge >= 0.3 is 7.12 Å². The molecule has 120 valence electrons. The van der Waals surface area contributed by atoms with E-state index in [1.807, 2.05) is 19.2 Å². The fourth-order valence-corrected chi connectivity index (χ4v) is 2.55. The molecule has 3 nitrogen and oxygen atoms in total. The molecular formula is C17H25BClNO2. The van der Waals surface area contributed by atoms with Crippen LogP contribution in [0.15, 0.2) is 29.7 Å². The summed E-state index contributed by atoms with van der Waals surface area (Å²) in [4.78, 5) is 0. The molecule has 0 spiro atoms. The van der Waals surface area contributed by atoms with Crippen LogP contribution in [0.3, 0.4) is 0 Å². The van der Waals surface area contributed by atoms with Crippen molar-refractivity contribution in [2.75, 3.05) is 13.6 Å². The summed E-state index contributed by atoms with van der Waals surface area (Å²) in [6, 6.07) is 8.20. The third-order valence-corrected chi connectivity index (χ3v) is 4.70.